The minimum atomic E-state index is 0.833. The fourth-order valence-corrected chi connectivity index (χ4v) is 3.76. The molecule has 22 heavy (non-hydrogen) atoms. The molecule has 4 heterocycles. The van der Waals surface area contributed by atoms with Crippen molar-refractivity contribution < 1.29 is 0 Å². The van der Waals surface area contributed by atoms with Crippen LogP contribution in [0.4, 0.5) is 5.82 Å². The van der Waals surface area contributed by atoms with E-state index in [2.05, 4.69) is 38.1 Å². The first-order valence-electron chi connectivity index (χ1n) is 7.75. The molecular weight excluding hydrogens is 292 g/mol. The second kappa shape index (κ2) is 5.65. The predicted octanol–water partition coefficient (Wildman–Crippen LogP) is 4.05. The lowest BCUT2D eigenvalue weighted by atomic mass is 10.1. The highest BCUT2D eigenvalue weighted by Crippen LogP contribution is 2.30. The summed E-state index contributed by atoms with van der Waals surface area (Å²) >= 11 is 1.67. The van der Waals surface area contributed by atoms with Crippen molar-refractivity contribution in [1.82, 2.24) is 15.0 Å². The SMILES string of the molecule is Cc1ccc2sc(-c3ccc(N4CCCCC4)nc3)nc2n1. The summed E-state index contributed by atoms with van der Waals surface area (Å²) in [5.74, 6) is 1.08. The van der Waals surface area contributed by atoms with E-state index in [1.165, 1.54) is 19.3 Å². The maximum absolute atomic E-state index is 4.64. The van der Waals surface area contributed by atoms with E-state index >= 15 is 0 Å². The normalized spacial score (nSPS) is 15.4. The van der Waals surface area contributed by atoms with Crippen molar-refractivity contribution in [2.75, 3.05) is 18.0 Å². The summed E-state index contributed by atoms with van der Waals surface area (Å²) in [6, 6.07) is 8.36. The number of piperidine rings is 1. The third-order valence-corrected chi connectivity index (χ3v) is 5.13. The van der Waals surface area contributed by atoms with Crippen molar-refractivity contribution in [1.29, 1.82) is 0 Å². The van der Waals surface area contributed by atoms with Gasteiger partial charge in [0.25, 0.3) is 0 Å². The lowest BCUT2D eigenvalue weighted by molar-refractivity contribution is 0.573. The Morgan fingerprint density at radius 1 is 1.00 bits per heavy atom. The highest BCUT2D eigenvalue weighted by atomic mass is 32.1. The Hall–Kier alpha value is -2.01. The molecule has 1 saturated heterocycles. The van der Waals surface area contributed by atoms with Gasteiger partial charge in [-0.2, -0.15) is 0 Å². The number of pyridine rings is 2. The van der Waals surface area contributed by atoms with Crippen molar-refractivity contribution >= 4 is 27.5 Å². The molecule has 4 rings (SSSR count). The molecule has 1 aliphatic rings. The summed E-state index contributed by atoms with van der Waals surface area (Å²) in [5.41, 5.74) is 2.91. The van der Waals surface area contributed by atoms with E-state index in [9.17, 15) is 0 Å². The maximum atomic E-state index is 4.64. The maximum Gasteiger partial charge on any atom is 0.171 e. The van der Waals surface area contributed by atoms with Crippen LogP contribution in [0.5, 0.6) is 0 Å². The van der Waals surface area contributed by atoms with Gasteiger partial charge in [0.2, 0.25) is 0 Å². The lowest BCUT2D eigenvalue weighted by Crippen LogP contribution is -2.29. The molecule has 4 nitrogen and oxygen atoms in total. The van der Waals surface area contributed by atoms with Crippen LogP contribution < -0.4 is 4.90 Å². The highest BCUT2D eigenvalue weighted by molar-refractivity contribution is 7.21. The van der Waals surface area contributed by atoms with Gasteiger partial charge in [-0.1, -0.05) is 0 Å². The lowest BCUT2D eigenvalue weighted by Gasteiger charge is -2.27. The summed E-state index contributed by atoms with van der Waals surface area (Å²) in [7, 11) is 0. The number of aromatic nitrogens is 3. The van der Waals surface area contributed by atoms with E-state index in [1.807, 2.05) is 19.2 Å². The molecular formula is C17H18N4S. The zero-order chi connectivity index (χ0) is 14.9. The molecule has 0 atom stereocenters. The number of hydrogen-bond acceptors (Lipinski definition) is 5. The largest absolute Gasteiger partial charge is 0.357 e. The van der Waals surface area contributed by atoms with Crippen LogP contribution >= 0.6 is 11.3 Å². The van der Waals surface area contributed by atoms with Crippen LogP contribution in [0.25, 0.3) is 20.9 Å². The first-order chi connectivity index (χ1) is 10.8. The van der Waals surface area contributed by atoms with Crippen molar-refractivity contribution in [3.05, 3.63) is 36.2 Å². The van der Waals surface area contributed by atoms with E-state index in [1.54, 1.807) is 11.3 Å². The number of thiazole rings is 1. The zero-order valence-corrected chi connectivity index (χ0v) is 13.4. The molecule has 0 aliphatic carbocycles. The number of hydrogen-bond donors (Lipinski definition) is 0. The van der Waals surface area contributed by atoms with Crippen LogP contribution in [0.15, 0.2) is 30.5 Å². The number of aryl methyl sites for hydroxylation is 1. The third kappa shape index (κ3) is 2.57. The average molecular weight is 310 g/mol. The molecule has 112 valence electrons. The summed E-state index contributed by atoms with van der Waals surface area (Å²) in [6.45, 7) is 4.24. The van der Waals surface area contributed by atoms with Crippen LogP contribution in [-0.4, -0.2) is 28.0 Å². The van der Waals surface area contributed by atoms with E-state index in [-0.39, 0.29) is 0 Å². The van der Waals surface area contributed by atoms with Gasteiger partial charge < -0.3 is 4.90 Å². The molecule has 0 spiro atoms. The second-order valence-corrected chi connectivity index (χ2v) is 6.78. The van der Waals surface area contributed by atoms with Crippen molar-refractivity contribution in [2.45, 2.75) is 26.2 Å². The Labute approximate surface area is 133 Å². The van der Waals surface area contributed by atoms with Gasteiger partial charge in [0.15, 0.2) is 5.65 Å². The topological polar surface area (TPSA) is 41.9 Å². The minimum absolute atomic E-state index is 0.833. The summed E-state index contributed by atoms with van der Waals surface area (Å²) in [4.78, 5) is 16.1. The molecule has 0 saturated carbocycles. The van der Waals surface area contributed by atoms with Gasteiger partial charge in [0.05, 0.1) is 4.70 Å². The molecule has 0 N–H and O–H groups in total. The van der Waals surface area contributed by atoms with Crippen LogP contribution in [0, 0.1) is 6.92 Å². The van der Waals surface area contributed by atoms with Crippen LogP contribution in [0.2, 0.25) is 0 Å². The van der Waals surface area contributed by atoms with E-state index in [0.29, 0.717) is 0 Å². The van der Waals surface area contributed by atoms with Crippen molar-refractivity contribution in [3.63, 3.8) is 0 Å². The molecule has 0 aromatic carbocycles. The molecule has 3 aromatic heterocycles. The minimum Gasteiger partial charge on any atom is -0.357 e. The van der Waals surface area contributed by atoms with Crippen molar-refractivity contribution in [2.24, 2.45) is 0 Å². The number of fused-ring (bicyclic) bond motifs is 1. The Bertz CT molecular complexity index is 788. The molecule has 0 amide bonds. The predicted molar refractivity (Wildman–Crippen MR) is 91.4 cm³/mol. The van der Waals surface area contributed by atoms with Crippen LogP contribution in [-0.2, 0) is 0 Å². The Balaban J connectivity index is 1.63. The quantitative estimate of drug-likeness (QED) is 0.716. The average Bonchev–Trinajstić information content (AvgIpc) is 2.99. The fraction of sp³-hybridized carbons (Fsp3) is 0.353. The summed E-state index contributed by atoms with van der Waals surface area (Å²) < 4.78 is 1.13. The van der Waals surface area contributed by atoms with Gasteiger partial charge in [0.1, 0.15) is 10.8 Å². The standard InChI is InChI=1S/C17H18N4S/c1-12-5-7-14-16(19-12)20-17(22-14)13-6-8-15(18-11-13)21-9-3-2-4-10-21/h5-8,11H,2-4,9-10H2,1H3. The molecule has 3 aromatic rings. The molecule has 1 aliphatic heterocycles. The number of rotatable bonds is 2. The smallest absolute Gasteiger partial charge is 0.171 e. The Kier molecular flexibility index (Phi) is 3.50. The summed E-state index contributed by atoms with van der Waals surface area (Å²) in [6.07, 6.45) is 5.82. The van der Waals surface area contributed by atoms with Gasteiger partial charge in [-0.3, -0.25) is 0 Å². The Morgan fingerprint density at radius 3 is 2.64 bits per heavy atom. The molecule has 0 unspecified atom stereocenters. The molecule has 0 radical (unpaired) electrons. The van der Waals surface area contributed by atoms with E-state index in [4.69, 9.17) is 0 Å². The zero-order valence-electron chi connectivity index (χ0n) is 12.6. The Morgan fingerprint density at radius 2 is 1.86 bits per heavy atom. The van der Waals surface area contributed by atoms with Crippen LogP contribution in [0.3, 0.4) is 0 Å². The van der Waals surface area contributed by atoms with Gasteiger partial charge in [0, 0.05) is 30.5 Å². The highest BCUT2D eigenvalue weighted by Gasteiger charge is 2.13. The van der Waals surface area contributed by atoms with Crippen LogP contribution in [0.1, 0.15) is 25.0 Å². The van der Waals surface area contributed by atoms with Gasteiger partial charge >= 0.3 is 0 Å². The van der Waals surface area contributed by atoms with Crippen molar-refractivity contribution in [3.8, 4) is 10.6 Å². The molecule has 1 fully saturated rings. The summed E-state index contributed by atoms with van der Waals surface area (Å²) in [5, 5.41) is 0.991. The first-order valence-corrected chi connectivity index (χ1v) is 8.57. The molecule has 0 bridgehead atoms. The van der Waals surface area contributed by atoms with E-state index in [0.717, 1.165) is 45.5 Å². The van der Waals surface area contributed by atoms with Gasteiger partial charge in [-0.05, 0) is 50.5 Å². The number of nitrogens with zero attached hydrogens (tertiary/aromatic N) is 4. The monoisotopic (exact) mass is 310 g/mol. The molecule has 5 heteroatoms. The van der Waals surface area contributed by atoms with E-state index < -0.39 is 0 Å². The number of anilines is 1. The van der Waals surface area contributed by atoms with Gasteiger partial charge in [-0.25, -0.2) is 15.0 Å². The second-order valence-electron chi connectivity index (χ2n) is 5.75. The van der Waals surface area contributed by atoms with Gasteiger partial charge in [-0.15, -0.1) is 11.3 Å². The fourth-order valence-electron chi connectivity index (χ4n) is 2.86. The third-order valence-electron chi connectivity index (χ3n) is 4.07. The first kappa shape index (κ1) is 13.6.